The van der Waals surface area contributed by atoms with Crippen molar-refractivity contribution in [2.24, 2.45) is 11.8 Å². The molecule has 1 N–H and O–H groups in total. The zero-order chi connectivity index (χ0) is 15.5. The highest BCUT2D eigenvalue weighted by molar-refractivity contribution is 5.85. The van der Waals surface area contributed by atoms with Crippen LogP contribution in [0.3, 0.4) is 0 Å². The minimum atomic E-state index is -0.233. The molecule has 1 saturated heterocycles. The second-order valence-electron chi connectivity index (χ2n) is 6.56. The van der Waals surface area contributed by atoms with Crippen LogP contribution < -0.4 is 5.32 Å². The van der Waals surface area contributed by atoms with Crippen LogP contribution in [-0.4, -0.2) is 17.9 Å². The van der Waals surface area contributed by atoms with E-state index in [1.807, 2.05) is 24.3 Å². The summed E-state index contributed by atoms with van der Waals surface area (Å²) in [7, 11) is 0. The number of rotatable bonds is 6. The molecule has 0 unspecified atom stereocenters. The van der Waals surface area contributed by atoms with Gasteiger partial charge in [-0.05, 0) is 42.7 Å². The van der Waals surface area contributed by atoms with Crippen LogP contribution in [0.2, 0.25) is 0 Å². The number of carbonyl (C=O) groups excluding carboxylic acids is 1. The molecule has 1 aliphatic heterocycles. The van der Waals surface area contributed by atoms with Gasteiger partial charge >= 0.3 is 0 Å². The van der Waals surface area contributed by atoms with Gasteiger partial charge in [0, 0.05) is 12.5 Å². The molecule has 0 spiro atoms. The fourth-order valence-electron chi connectivity index (χ4n) is 3.82. The lowest BCUT2D eigenvalue weighted by molar-refractivity contribution is -0.122. The number of fused-ring (bicyclic) bond motifs is 2. The Morgan fingerprint density at radius 1 is 1.41 bits per heavy atom. The molecule has 0 aromatic heterocycles. The summed E-state index contributed by atoms with van der Waals surface area (Å²) in [4.78, 5) is 12.5. The van der Waals surface area contributed by atoms with E-state index in [9.17, 15) is 10.1 Å². The smallest absolute Gasteiger partial charge is 0.151 e. The number of ketones is 1. The van der Waals surface area contributed by atoms with E-state index in [1.54, 1.807) is 6.08 Å². The number of Topliss-reactive ketones (excluding diaryl/α,β-unsaturated/α-hetero) is 1. The van der Waals surface area contributed by atoms with Gasteiger partial charge in [-0.1, -0.05) is 36.9 Å². The quantitative estimate of drug-likeness (QED) is 0.877. The lowest BCUT2D eigenvalue weighted by Crippen LogP contribution is -2.42. The van der Waals surface area contributed by atoms with Crippen LogP contribution in [0.1, 0.15) is 36.8 Å². The molecule has 2 fully saturated rings. The molecule has 2 aliphatic rings. The highest BCUT2D eigenvalue weighted by Crippen LogP contribution is 2.36. The van der Waals surface area contributed by atoms with Crippen LogP contribution in [0.4, 0.5) is 0 Å². The summed E-state index contributed by atoms with van der Waals surface area (Å²) in [5.74, 6) is 0.494. The number of nitrogens with zero attached hydrogens (tertiary/aromatic N) is 1. The largest absolute Gasteiger partial charge is 0.304 e. The molecule has 0 radical (unpaired) electrons. The summed E-state index contributed by atoms with van der Waals surface area (Å²) in [6.45, 7) is 3.74. The van der Waals surface area contributed by atoms with Gasteiger partial charge in [-0.3, -0.25) is 4.79 Å². The molecule has 2 bridgehead atoms. The zero-order valence-corrected chi connectivity index (χ0v) is 12.8. The normalized spacial score (nSPS) is 27.3. The number of nitrogens with one attached hydrogen (secondary N) is 1. The van der Waals surface area contributed by atoms with Crippen molar-refractivity contribution in [1.82, 2.24) is 5.32 Å². The van der Waals surface area contributed by atoms with Crippen LogP contribution in [-0.2, 0) is 11.2 Å². The van der Waals surface area contributed by atoms with Crippen LogP contribution in [0.5, 0.6) is 0 Å². The first kappa shape index (κ1) is 15.0. The molecule has 3 heteroatoms. The van der Waals surface area contributed by atoms with Crippen LogP contribution in [0, 0.1) is 23.2 Å². The number of benzene rings is 1. The summed E-state index contributed by atoms with van der Waals surface area (Å²) in [5, 5.41) is 12.8. The summed E-state index contributed by atoms with van der Waals surface area (Å²) < 4.78 is 0. The van der Waals surface area contributed by atoms with E-state index in [4.69, 9.17) is 0 Å². The number of piperidine rings is 1. The van der Waals surface area contributed by atoms with Gasteiger partial charge in [0.1, 0.15) is 0 Å². The van der Waals surface area contributed by atoms with E-state index < -0.39 is 0 Å². The Bertz CT molecular complexity index is 599. The predicted molar refractivity (Wildman–Crippen MR) is 87.0 cm³/mol. The van der Waals surface area contributed by atoms with E-state index in [2.05, 4.69) is 18.0 Å². The highest BCUT2D eigenvalue weighted by Gasteiger charge is 2.42. The molecule has 0 amide bonds. The minimum absolute atomic E-state index is 0.00209. The average molecular weight is 294 g/mol. The average Bonchev–Trinajstić information content (AvgIpc) is 3.18. The Morgan fingerprint density at radius 3 is 2.73 bits per heavy atom. The van der Waals surface area contributed by atoms with Gasteiger partial charge in [0.15, 0.2) is 5.78 Å². The summed E-state index contributed by atoms with van der Waals surface area (Å²) >= 11 is 0. The highest BCUT2D eigenvalue weighted by atomic mass is 16.1. The third kappa shape index (κ3) is 3.13. The molecule has 1 aromatic rings. The summed E-state index contributed by atoms with van der Waals surface area (Å²) in [5.41, 5.74) is 2.17. The van der Waals surface area contributed by atoms with E-state index in [1.165, 1.54) is 6.42 Å². The van der Waals surface area contributed by atoms with Gasteiger partial charge < -0.3 is 5.32 Å². The monoisotopic (exact) mass is 294 g/mol. The Kier molecular flexibility index (Phi) is 4.40. The van der Waals surface area contributed by atoms with Gasteiger partial charge in [-0.2, -0.15) is 5.26 Å². The minimum Gasteiger partial charge on any atom is -0.304 e. The number of carbonyl (C=O) groups is 1. The standard InChI is InChI=1S/C19H22N2O/c1-2-13-3-5-14(6-4-13)9-15(12-20)10-18(22)19-16-7-8-17(11-16)21-19/h2-6,15-17,19,21H,1,7-11H2/t15-,16+,17-,19+/m1/s1. The predicted octanol–water partition coefficient (Wildman–Crippen LogP) is 3.11. The van der Waals surface area contributed by atoms with Gasteiger partial charge in [-0.25, -0.2) is 0 Å². The molecule has 1 aliphatic carbocycles. The topological polar surface area (TPSA) is 52.9 Å². The van der Waals surface area contributed by atoms with Crippen molar-refractivity contribution in [2.75, 3.05) is 0 Å². The molecule has 1 heterocycles. The van der Waals surface area contributed by atoms with E-state index >= 15 is 0 Å². The van der Waals surface area contributed by atoms with Crippen molar-refractivity contribution in [2.45, 2.75) is 44.2 Å². The first-order valence-electron chi connectivity index (χ1n) is 8.09. The number of nitriles is 1. The van der Waals surface area contributed by atoms with Crippen LogP contribution >= 0.6 is 0 Å². The van der Waals surface area contributed by atoms with Gasteiger partial charge in [0.2, 0.25) is 0 Å². The molecule has 4 atom stereocenters. The van der Waals surface area contributed by atoms with E-state index in [0.29, 0.717) is 24.8 Å². The lowest BCUT2D eigenvalue weighted by atomic mass is 9.88. The van der Waals surface area contributed by atoms with Crippen LogP contribution in [0.25, 0.3) is 6.08 Å². The van der Waals surface area contributed by atoms with E-state index in [0.717, 1.165) is 24.0 Å². The molecule has 22 heavy (non-hydrogen) atoms. The fourth-order valence-corrected chi connectivity index (χ4v) is 3.82. The fraction of sp³-hybridized carbons (Fsp3) is 0.474. The second-order valence-corrected chi connectivity index (χ2v) is 6.56. The number of hydrogen-bond donors (Lipinski definition) is 1. The van der Waals surface area contributed by atoms with Crippen molar-refractivity contribution in [1.29, 1.82) is 5.26 Å². The second kappa shape index (κ2) is 6.46. The maximum absolute atomic E-state index is 12.5. The molecule has 3 nitrogen and oxygen atoms in total. The van der Waals surface area contributed by atoms with Crippen molar-refractivity contribution in [3.63, 3.8) is 0 Å². The van der Waals surface area contributed by atoms with Crippen molar-refractivity contribution >= 4 is 11.9 Å². The summed E-state index contributed by atoms with van der Waals surface area (Å²) in [6, 6.07) is 10.9. The lowest BCUT2D eigenvalue weighted by Gasteiger charge is -2.22. The molecule has 114 valence electrons. The Hall–Kier alpha value is -1.92. The SMILES string of the molecule is C=Cc1ccc(C[C@@H](C#N)CC(=O)[C@H]2N[C@@H]3CC[C@H]2C3)cc1. The maximum atomic E-state index is 12.5. The van der Waals surface area contributed by atoms with Crippen molar-refractivity contribution in [3.05, 3.63) is 42.0 Å². The summed E-state index contributed by atoms with van der Waals surface area (Å²) in [6.07, 6.45) is 6.30. The molecule has 1 saturated carbocycles. The Balaban J connectivity index is 1.58. The maximum Gasteiger partial charge on any atom is 0.151 e. The Morgan fingerprint density at radius 2 is 2.18 bits per heavy atom. The zero-order valence-electron chi connectivity index (χ0n) is 12.8. The van der Waals surface area contributed by atoms with Gasteiger partial charge in [0.25, 0.3) is 0 Å². The number of hydrogen-bond acceptors (Lipinski definition) is 3. The van der Waals surface area contributed by atoms with Crippen LogP contribution in [0.15, 0.2) is 30.8 Å². The Labute approximate surface area is 132 Å². The first-order valence-corrected chi connectivity index (χ1v) is 8.09. The van der Waals surface area contributed by atoms with Gasteiger partial charge in [-0.15, -0.1) is 0 Å². The molecule has 3 rings (SSSR count). The molecular formula is C19H22N2O. The third-order valence-corrected chi connectivity index (χ3v) is 5.03. The molecule has 1 aromatic carbocycles. The first-order chi connectivity index (χ1) is 10.7. The molecular weight excluding hydrogens is 272 g/mol. The van der Waals surface area contributed by atoms with Gasteiger partial charge in [0.05, 0.1) is 18.0 Å². The third-order valence-electron chi connectivity index (χ3n) is 5.03. The van der Waals surface area contributed by atoms with Crippen molar-refractivity contribution < 1.29 is 4.79 Å². The van der Waals surface area contributed by atoms with Crippen molar-refractivity contribution in [3.8, 4) is 6.07 Å². The van der Waals surface area contributed by atoms with E-state index in [-0.39, 0.29) is 17.7 Å².